The molecule has 0 heterocycles. The van der Waals surface area contributed by atoms with Crippen molar-refractivity contribution in [2.24, 2.45) is 0 Å². The molecule has 0 spiro atoms. The predicted octanol–water partition coefficient (Wildman–Crippen LogP) is -0.366. The van der Waals surface area contributed by atoms with Crippen molar-refractivity contribution >= 4 is 0 Å². The second-order valence-electron chi connectivity index (χ2n) is 0. The van der Waals surface area contributed by atoms with Crippen LogP contribution in [-0.2, 0) is 90.1 Å². The van der Waals surface area contributed by atoms with E-state index < -0.39 is 0 Å². The number of hydrogen-bond donors (Lipinski definition) is 0. The second kappa shape index (κ2) is 88.2. The van der Waals surface area contributed by atoms with E-state index in [1.165, 1.54) is 0 Å². The fourth-order valence-corrected chi connectivity index (χ4v) is 0. The van der Waals surface area contributed by atoms with Gasteiger partial charge in [0.2, 0.25) is 0 Å². The van der Waals surface area contributed by atoms with Crippen LogP contribution in [-0.4, -0.2) is 0 Å². The van der Waals surface area contributed by atoms with Gasteiger partial charge in [0.05, 0.1) is 0 Å². The standard InChI is InChI=1S/2Cr.3O.2Zn/q2*+3;3*-2;;. The zero-order valence-corrected chi connectivity index (χ0v) is 11.9. The molecule has 0 unspecified atom stereocenters. The summed E-state index contributed by atoms with van der Waals surface area (Å²) < 4.78 is 0. The van der Waals surface area contributed by atoms with Gasteiger partial charge in [-0.3, -0.25) is 0 Å². The van der Waals surface area contributed by atoms with Crippen LogP contribution in [0.2, 0.25) is 0 Å². The van der Waals surface area contributed by atoms with Gasteiger partial charge in [0, 0.05) is 39.0 Å². The van der Waals surface area contributed by atoms with E-state index in [1.54, 1.807) is 0 Å². The minimum Gasteiger partial charge on any atom is -2.00 e. The van der Waals surface area contributed by atoms with Crippen molar-refractivity contribution in [2.45, 2.75) is 0 Å². The molecule has 0 fully saturated rings. The van der Waals surface area contributed by atoms with Crippen LogP contribution in [0, 0.1) is 0 Å². The van der Waals surface area contributed by atoms with Gasteiger partial charge in [0.1, 0.15) is 0 Å². The molecule has 0 aromatic carbocycles. The van der Waals surface area contributed by atoms with Crippen molar-refractivity contribution in [1.29, 1.82) is 0 Å². The van der Waals surface area contributed by atoms with Crippen molar-refractivity contribution in [3.8, 4) is 0 Å². The van der Waals surface area contributed by atoms with Gasteiger partial charge in [0.15, 0.2) is 0 Å². The molecule has 0 aliphatic heterocycles. The summed E-state index contributed by atoms with van der Waals surface area (Å²) in [6.45, 7) is 0. The van der Waals surface area contributed by atoms with E-state index in [9.17, 15) is 0 Å². The molecule has 0 saturated carbocycles. The molecule has 0 atom stereocenters. The number of rotatable bonds is 0. The molecule has 0 aliphatic carbocycles. The molecule has 0 aromatic heterocycles. The Morgan fingerprint density at radius 2 is 0.429 bits per heavy atom. The monoisotopic (exact) mass is 280 g/mol. The Morgan fingerprint density at radius 1 is 0.429 bits per heavy atom. The minimum absolute atomic E-state index is 0. The van der Waals surface area contributed by atoms with E-state index in [4.69, 9.17) is 0 Å². The van der Waals surface area contributed by atoms with Crippen LogP contribution in [0.3, 0.4) is 0 Å². The van der Waals surface area contributed by atoms with Crippen LogP contribution < -0.4 is 0 Å². The summed E-state index contributed by atoms with van der Waals surface area (Å²) >= 11 is 0. The maximum atomic E-state index is 0. The smallest absolute Gasteiger partial charge is 2.00 e. The average molecular weight is 283 g/mol. The zero-order valence-electron chi connectivity index (χ0n) is 3.46. The van der Waals surface area contributed by atoms with E-state index in [0.717, 1.165) is 0 Å². The fraction of sp³-hybridized carbons (Fsp3) is 0. The molecular weight excluding hydrogens is 283 g/mol. The molecule has 7 heavy (non-hydrogen) atoms. The van der Waals surface area contributed by atoms with Crippen LogP contribution in [0.15, 0.2) is 0 Å². The largest absolute Gasteiger partial charge is 3.00 e. The van der Waals surface area contributed by atoms with Crippen LogP contribution >= 0.6 is 0 Å². The van der Waals surface area contributed by atoms with Crippen LogP contribution in [0.4, 0.5) is 0 Å². The van der Waals surface area contributed by atoms with Gasteiger partial charge in [-0.15, -0.1) is 0 Å². The van der Waals surface area contributed by atoms with Crippen LogP contribution in [0.5, 0.6) is 0 Å². The van der Waals surface area contributed by atoms with E-state index in [0.29, 0.717) is 0 Å². The molecular formula is Cr2O3Zn2. The third-order valence-electron chi connectivity index (χ3n) is 0. The van der Waals surface area contributed by atoms with E-state index >= 15 is 0 Å². The summed E-state index contributed by atoms with van der Waals surface area (Å²) in [5, 5.41) is 0. The molecule has 34 valence electrons. The molecule has 0 saturated heterocycles. The van der Waals surface area contributed by atoms with Gasteiger partial charge in [-0.25, -0.2) is 0 Å². The van der Waals surface area contributed by atoms with Crippen LogP contribution in [0.25, 0.3) is 0 Å². The first kappa shape index (κ1) is 128. The quantitative estimate of drug-likeness (QED) is 0.543. The van der Waals surface area contributed by atoms with Gasteiger partial charge in [-0.2, -0.15) is 0 Å². The summed E-state index contributed by atoms with van der Waals surface area (Å²) in [5.41, 5.74) is 0. The average Bonchev–Trinajstić information content (AvgIpc) is 0. The van der Waals surface area contributed by atoms with Gasteiger partial charge in [0.25, 0.3) is 0 Å². The summed E-state index contributed by atoms with van der Waals surface area (Å²) in [4.78, 5) is 0. The molecule has 0 aliphatic rings. The molecule has 2 radical (unpaired) electrons. The third kappa shape index (κ3) is 65.4. The van der Waals surface area contributed by atoms with E-state index in [2.05, 4.69) is 0 Å². The molecule has 0 amide bonds. The second-order valence-corrected chi connectivity index (χ2v) is 0. The Bertz CT molecular complexity index is 10.9. The summed E-state index contributed by atoms with van der Waals surface area (Å²) in [7, 11) is 0. The summed E-state index contributed by atoms with van der Waals surface area (Å²) in [6, 6.07) is 0. The van der Waals surface area contributed by atoms with E-state index in [1.807, 2.05) is 0 Å². The zero-order chi connectivity index (χ0) is 0. The first-order valence-electron chi connectivity index (χ1n) is 0. The van der Waals surface area contributed by atoms with Gasteiger partial charge in [-0.05, 0) is 0 Å². The third-order valence-corrected chi connectivity index (χ3v) is 0. The SMILES string of the molecule is [Cr+3].[Cr+3].[O-2].[O-2].[O-2].[Zn].[Zn]. The van der Waals surface area contributed by atoms with Crippen molar-refractivity contribution < 1.29 is 90.1 Å². The maximum absolute atomic E-state index is 0. The Balaban J connectivity index is 0. The normalized spacial score (nSPS) is 0. The molecule has 0 rings (SSSR count). The van der Waals surface area contributed by atoms with Gasteiger partial charge >= 0.3 is 34.7 Å². The van der Waals surface area contributed by atoms with E-state index in [-0.39, 0.29) is 90.1 Å². The molecule has 0 bridgehead atoms. The predicted molar refractivity (Wildman–Crippen MR) is 2.06 cm³/mol. The Labute approximate surface area is 89.3 Å². The van der Waals surface area contributed by atoms with Crippen molar-refractivity contribution in [2.75, 3.05) is 0 Å². The van der Waals surface area contributed by atoms with Crippen molar-refractivity contribution in [3.63, 3.8) is 0 Å². The summed E-state index contributed by atoms with van der Waals surface area (Å²) in [5.74, 6) is 0. The molecule has 0 aromatic rings. The topological polar surface area (TPSA) is 85.5 Å². The van der Waals surface area contributed by atoms with Gasteiger partial charge < -0.3 is 16.4 Å². The maximum Gasteiger partial charge on any atom is 3.00 e. The fourth-order valence-electron chi connectivity index (χ4n) is 0. The molecule has 7 heteroatoms. The summed E-state index contributed by atoms with van der Waals surface area (Å²) in [6.07, 6.45) is 0. The number of hydrogen-bond acceptors (Lipinski definition) is 0. The molecule has 0 N–H and O–H groups in total. The Hall–Kier alpha value is 2.19. The Morgan fingerprint density at radius 3 is 0.429 bits per heavy atom. The first-order valence-corrected chi connectivity index (χ1v) is 0. The van der Waals surface area contributed by atoms with Crippen molar-refractivity contribution in [1.82, 2.24) is 0 Å². The minimum atomic E-state index is 0. The Kier molecular flexibility index (Phi) is 1620. The van der Waals surface area contributed by atoms with Crippen molar-refractivity contribution in [3.05, 3.63) is 0 Å². The van der Waals surface area contributed by atoms with Crippen LogP contribution in [0.1, 0.15) is 0 Å². The first-order chi connectivity index (χ1) is 0. The molecule has 3 nitrogen and oxygen atoms in total. The van der Waals surface area contributed by atoms with Gasteiger partial charge in [-0.1, -0.05) is 0 Å².